The van der Waals surface area contributed by atoms with Crippen LogP contribution in [0.3, 0.4) is 0 Å². The van der Waals surface area contributed by atoms with Crippen LogP contribution in [0.4, 0.5) is 20.6 Å². The molecule has 1 fully saturated rings. The van der Waals surface area contributed by atoms with Gasteiger partial charge in [0.05, 0.1) is 0 Å². The number of urea groups is 1. The number of piperidine rings is 1. The first-order valence-electron chi connectivity index (χ1n) is 10.6. The summed E-state index contributed by atoms with van der Waals surface area (Å²) in [5.74, 6) is -1.12. The molecule has 2 aromatic rings. The zero-order valence-electron chi connectivity index (χ0n) is 17.4. The zero-order chi connectivity index (χ0) is 22.7. The van der Waals surface area contributed by atoms with Gasteiger partial charge in [0.25, 0.3) is 0 Å². The van der Waals surface area contributed by atoms with Crippen molar-refractivity contribution in [3.8, 4) is 0 Å². The highest BCUT2D eigenvalue weighted by Gasteiger charge is 2.36. The summed E-state index contributed by atoms with van der Waals surface area (Å²) in [6, 6.07) is 10.4. The molecule has 1 saturated heterocycles. The van der Waals surface area contributed by atoms with Crippen LogP contribution in [-0.4, -0.2) is 43.8 Å². The van der Waals surface area contributed by atoms with Crippen molar-refractivity contribution >= 4 is 33.3 Å². The molecule has 2 aromatic carbocycles. The van der Waals surface area contributed by atoms with Crippen molar-refractivity contribution in [3.63, 3.8) is 0 Å². The molecular formula is C22H25FN4O4S. The second-order valence-electron chi connectivity index (χ2n) is 7.95. The minimum Gasteiger partial charge on any atom is -0.336 e. The van der Waals surface area contributed by atoms with Gasteiger partial charge in [-0.25, -0.2) is 17.6 Å². The van der Waals surface area contributed by atoms with Crippen molar-refractivity contribution in [2.75, 3.05) is 23.7 Å². The van der Waals surface area contributed by atoms with Gasteiger partial charge < -0.3 is 16.0 Å². The number of hydrogen-bond acceptors (Lipinski definition) is 4. The summed E-state index contributed by atoms with van der Waals surface area (Å²) >= 11 is 0. The van der Waals surface area contributed by atoms with Crippen molar-refractivity contribution in [3.05, 3.63) is 53.8 Å². The number of halogens is 1. The maximum atomic E-state index is 14.8. The first kappa shape index (κ1) is 22.2. The molecule has 1 unspecified atom stereocenters. The lowest BCUT2D eigenvalue weighted by Gasteiger charge is -2.35. The lowest BCUT2D eigenvalue weighted by atomic mass is 10.0. The van der Waals surface area contributed by atoms with E-state index in [1.54, 1.807) is 24.3 Å². The van der Waals surface area contributed by atoms with E-state index in [0.29, 0.717) is 36.2 Å². The first-order valence-corrected chi connectivity index (χ1v) is 12.0. The van der Waals surface area contributed by atoms with Gasteiger partial charge in [0.1, 0.15) is 10.7 Å². The summed E-state index contributed by atoms with van der Waals surface area (Å²) < 4.78 is 42.8. The fourth-order valence-electron chi connectivity index (χ4n) is 4.11. The van der Waals surface area contributed by atoms with Crippen LogP contribution in [0.2, 0.25) is 0 Å². The van der Waals surface area contributed by atoms with Crippen molar-refractivity contribution in [2.24, 2.45) is 0 Å². The normalized spacial score (nSPS) is 19.0. The van der Waals surface area contributed by atoms with E-state index in [0.717, 1.165) is 12.5 Å². The minimum absolute atomic E-state index is 0.112. The Hall–Kier alpha value is -2.98. The average Bonchev–Trinajstić information content (AvgIpc) is 2.78. The number of benzene rings is 2. The van der Waals surface area contributed by atoms with Crippen LogP contribution in [0.25, 0.3) is 0 Å². The Kier molecular flexibility index (Phi) is 6.43. The molecule has 1 atom stereocenters. The van der Waals surface area contributed by atoms with Crippen molar-refractivity contribution in [2.45, 2.75) is 43.0 Å². The predicted molar refractivity (Wildman–Crippen MR) is 118 cm³/mol. The summed E-state index contributed by atoms with van der Waals surface area (Å²) in [6.07, 6.45) is 2.62. The number of carbonyl (C=O) groups excluding carboxylic acids is 2. The first-order chi connectivity index (χ1) is 15.3. The molecule has 2 aliphatic rings. The highest BCUT2D eigenvalue weighted by molar-refractivity contribution is 7.89. The number of sulfonamides is 1. The Morgan fingerprint density at radius 1 is 1.16 bits per heavy atom. The van der Waals surface area contributed by atoms with Gasteiger partial charge in [0.15, 0.2) is 0 Å². The molecule has 3 N–H and O–H groups in total. The number of nitrogens with zero attached hydrogens (tertiary/aromatic N) is 1. The van der Waals surface area contributed by atoms with Crippen LogP contribution in [-0.2, 0) is 21.2 Å². The molecule has 0 aliphatic carbocycles. The maximum absolute atomic E-state index is 14.8. The molecule has 2 aliphatic heterocycles. The highest BCUT2D eigenvalue weighted by atomic mass is 32.2. The van der Waals surface area contributed by atoms with Crippen molar-refractivity contribution < 1.29 is 22.4 Å². The van der Waals surface area contributed by atoms with Crippen LogP contribution in [0.5, 0.6) is 0 Å². The SMILES string of the molecule is O=C1CCc2cc(S(=O)(=O)N3CCCCC3CNC(=O)Nc3ccccc3)c(F)cc2N1. The summed E-state index contributed by atoms with van der Waals surface area (Å²) in [6.45, 7) is 0.364. The number of fused-ring (bicyclic) bond motifs is 1. The standard InChI is InChI=1S/C22H25FN4O4S/c23-18-13-19-15(9-10-21(28)26-19)12-20(18)32(30,31)27-11-5-4-8-17(27)14-24-22(29)25-16-6-2-1-3-7-16/h1-3,6-7,12-13,17H,4-5,8-11,14H2,(H,26,28)(H2,24,25,29). The van der Waals surface area contributed by atoms with Crippen LogP contribution in [0, 0.1) is 5.82 Å². The number of hydrogen-bond donors (Lipinski definition) is 3. The Balaban J connectivity index is 1.50. The second kappa shape index (κ2) is 9.25. The van der Waals surface area contributed by atoms with Crippen molar-refractivity contribution in [1.82, 2.24) is 9.62 Å². The Bertz CT molecular complexity index is 1120. The third-order valence-corrected chi connectivity index (χ3v) is 7.71. The van der Waals surface area contributed by atoms with Crippen molar-refractivity contribution in [1.29, 1.82) is 0 Å². The Labute approximate surface area is 186 Å². The molecular weight excluding hydrogens is 435 g/mol. The second-order valence-corrected chi connectivity index (χ2v) is 9.81. The molecule has 0 spiro atoms. The van der Waals surface area contributed by atoms with E-state index in [9.17, 15) is 22.4 Å². The topological polar surface area (TPSA) is 108 Å². The largest absolute Gasteiger partial charge is 0.336 e. The maximum Gasteiger partial charge on any atom is 0.319 e. The molecule has 0 radical (unpaired) electrons. The lowest BCUT2D eigenvalue weighted by molar-refractivity contribution is -0.116. The third kappa shape index (κ3) is 4.76. The lowest BCUT2D eigenvalue weighted by Crippen LogP contribution is -2.50. The molecule has 8 nitrogen and oxygen atoms in total. The molecule has 170 valence electrons. The Morgan fingerprint density at radius 3 is 2.72 bits per heavy atom. The van der Waals surface area contributed by atoms with Crippen LogP contribution in [0.1, 0.15) is 31.2 Å². The summed E-state index contributed by atoms with van der Waals surface area (Å²) in [5, 5.41) is 8.01. The monoisotopic (exact) mass is 460 g/mol. The molecule has 32 heavy (non-hydrogen) atoms. The highest BCUT2D eigenvalue weighted by Crippen LogP contribution is 2.32. The van der Waals surface area contributed by atoms with E-state index in [1.165, 1.54) is 10.4 Å². The van der Waals surface area contributed by atoms with Gasteiger partial charge in [0, 0.05) is 36.9 Å². The average molecular weight is 461 g/mol. The number of anilines is 2. The summed E-state index contributed by atoms with van der Waals surface area (Å²) in [4.78, 5) is 23.4. The van der Waals surface area contributed by atoms with Gasteiger partial charge in [-0.05, 0) is 49.1 Å². The molecule has 2 heterocycles. The van der Waals surface area contributed by atoms with Gasteiger partial charge in [0.2, 0.25) is 15.9 Å². The fourth-order valence-corrected chi connectivity index (χ4v) is 5.90. The van der Waals surface area contributed by atoms with Gasteiger partial charge >= 0.3 is 6.03 Å². The summed E-state index contributed by atoms with van der Waals surface area (Å²) in [7, 11) is -4.12. The van der Waals surface area contributed by atoms with E-state index < -0.39 is 32.8 Å². The van der Waals surface area contributed by atoms with Crippen LogP contribution in [0.15, 0.2) is 47.4 Å². The minimum atomic E-state index is -4.12. The number of carbonyl (C=O) groups is 2. The fraction of sp³-hybridized carbons (Fsp3) is 0.364. The van der Waals surface area contributed by atoms with Gasteiger partial charge in [-0.1, -0.05) is 24.6 Å². The van der Waals surface area contributed by atoms with Crippen LogP contribution < -0.4 is 16.0 Å². The van der Waals surface area contributed by atoms with E-state index in [2.05, 4.69) is 16.0 Å². The van der Waals surface area contributed by atoms with Gasteiger partial charge in [-0.2, -0.15) is 4.31 Å². The number of para-hydroxylation sites is 1. The third-order valence-electron chi connectivity index (χ3n) is 5.74. The van der Waals surface area contributed by atoms with Gasteiger partial charge in [-0.15, -0.1) is 0 Å². The van der Waals surface area contributed by atoms with E-state index in [4.69, 9.17) is 0 Å². The quantitative estimate of drug-likeness (QED) is 0.637. The number of nitrogens with one attached hydrogen (secondary N) is 3. The molecule has 0 bridgehead atoms. The number of amides is 3. The Morgan fingerprint density at radius 2 is 1.94 bits per heavy atom. The molecule has 0 aromatic heterocycles. The summed E-state index contributed by atoms with van der Waals surface area (Å²) in [5.41, 5.74) is 1.53. The molecule has 3 amide bonds. The van der Waals surface area contributed by atoms with E-state index in [-0.39, 0.29) is 25.4 Å². The number of aryl methyl sites for hydroxylation is 1. The van der Waals surface area contributed by atoms with E-state index >= 15 is 0 Å². The molecule has 0 saturated carbocycles. The zero-order valence-corrected chi connectivity index (χ0v) is 18.3. The van der Waals surface area contributed by atoms with Gasteiger partial charge in [-0.3, -0.25) is 4.79 Å². The predicted octanol–water partition coefficient (Wildman–Crippen LogP) is 3.08. The smallest absolute Gasteiger partial charge is 0.319 e. The molecule has 4 rings (SSSR count). The van der Waals surface area contributed by atoms with Crippen LogP contribution >= 0.6 is 0 Å². The van der Waals surface area contributed by atoms with E-state index in [1.807, 2.05) is 6.07 Å². The number of rotatable bonds is 5. The molecule has 10 heteroatoms.